The van der Waals surface area contributed by atoms with E-state index in [-0.39, 0.29) is 5.92 Å². The van der Waals surface area contributed by atoms with Gasteiger partial charge in [0.15, 0.2) is 0 Å². The van der Waals surface area contributed by atoms with Crippen molar-refractivity contribution in [2.45, 2.75) is 51.0 Å². The van der Waals surface area contributed by atoms with E-state index in [1.807, 2.05) is 0 Å². The van der Waals surface area contributed by atoms with Gasteiger partial charge in [0.25, 0.3) is 0 Å². The van der Waals surface area contributed by atoms with Crippen LogP contribution in [0.3, 0.4) is 0 Å². The highest BCUT2D eigenvalue weighted by atomic mass is 16.1. The van der Waals surface area contributed by atoms with Gasteiger partial charge in [0, 0.05) is 30.7 Å². The van der Waals surface area contributed by atoms with Gasteiger partial charge in [-0.15, -0.1) is 0 Å². The summed E-state index contributed by atoms with van der Waals surface area (Å²) >= 11 is 0. The molecule has 0 bridgehead atoms. The lowest BCUT2D eigenvalue weighted by atomic mass is 9.88. The monoisotopic (exact) mass is 286 g/mol. The Morgan fingerprint density at radius 2 is 1.76 bits per heavy atom. The molecule has 0 spiro atoms. The van der Waals surface area contributed by atoms with Gasteiger partial charge in [0.2, 0.25) is 5.91 Å². The van der Waals surface area contributed by atoms with Gasteiger partial charge in [0.1, 0.15) is 0 Å². The molecule has 3 rings (SSSR count). The third-order valence-electron chi connectivity index (χ3n) is 4.87. The molecule has 1 saturated carbocycles. The zero-order valence-electron chi connectivity index (χ0n) is 12.8. The molecule has 3 heteroatoms. The third-order valence-corrected chi connectivity index (χ3v) is 4.87. The molecule has 2 fully saturated rings. The lowest BCUT2D eigenvalue weighted by Gasteiger charge is -2.35. The number of rotatable bonds is 3. The van der Waals surface area contributed by atoms with Gasteiger partial charge in [-0.3, -0.25) is 4.79 Å². The van der Waals surface area contributed by atoms with Crippen molar-refractivity contribution >= 4 is 11.6 Å². The molecule has 1 aromatic rings. The van der Waals surface area contributed by atoms with Crippen LogP contribution in [0.4, 0.5) is 5.69 Å². The molecule has 1 aliphatic carbocycles. The number of piperidine rings is 1. The van der Waals surface area contributed by atoms with Gasteiger partial charge in [-0.1, -0.05) is 37.5 Å². The number of amides is 1. The van der Waals surface area contributed by atoms with Crippen molar-refractivity contribution in [1.29, 1.82) is 0 Å². The molecule has 1 atom stereocenters. The molecule has 21 heavy (non-hydrogen) atoms. The number of para-hydroxylation sites is 1. The molecule has 1 saturated heterocycles. The van der Waals surface area contributed by atoms with Crippen molar-refractivity contribution in [1.82, 2.24) is 5.32 Å². The van der Waals surface area contributed by atoms with Gasteiger partial charge < -0.3 is 10.2 Å². The van der Waals surface area contributed by atoms with Crippen molar-refractivity contribution in [2.24, 2.45) is 5.92 Å². The Hall–Kier alpha value is -1.51. The molecule has 0 radical (unpaired) electrons. The maximum atomic E-state index is 12.4. The second kappa shape index (κ2) is 6.97. The molecule has 1 heterocycles. The number of carbonyl (C=O) groups excluding carboxylic acids is 1. The van der Waals surface area contributed by atoms with E-state index >= 15 is 0 Å². The maximum Gasteiger partial charge on any atom is 0.223 e. The van der Waals surface area contributed by atoms with Crippen LogP contribution in [0.2, 0.25) is 0 Å². The first-order valence-electron chi connectivity index (χ1n) is 8.43. The van der Waals surface area contributed by atoms with Gasteiger partial charge >= 0.3 is 0 Å². The molecule has 1 aromatic carbocycles. The van der Waals surface area contributed by atoms with Crippen molar-refractivity contribution in [2.75, 3.05) is 18.0 Å². The normalized spacial score (nSPS) is 23.8. The molecule has 1 N–H and O–H groups in total. The predicted molar refractivity (Wildman–Crippen MR) is 86.4 cm³/mol. The summed E-state index contributed by atoms with van der Waals surface area (Å²) in [5.41, 5.74) is 1.27. The van der Waals surface area contributed by atoms with Crippen LogP contribution in [0.15, 0.2) is 30.3 Å². The van der Waals surface area contributed by atoms with E-state index in [2.05, 4.69) is 40.5 Å². The quantitative estimate of drug-likeness (QED) is 0.924. The molecular formula is C18H26N2O. The molecule has 1 amide bonds. The summed E-state index contributed by atoms with van der Waals surface area (Å²) in [6, 6.07) is 10.8. The first kappa shape index (κ1) is 14.4. The second-order valence-electron chi connectivity index (χ2n) is 6.46. The molecule has 1 aliphatic heterocycles. The van der Waals surface area contributed by atoms with E-state index in [1.54, 1.807) is 0 Å². The fourth-order valence-electron chi connectivity index (χ4n) is 3.65. The summed E-state index contributed by atoms with van der Waals surface area (Å²) in [6.45, 7) is 2.04. The topological polar surface area (TPSA) is 32.3 Å². The zero-order valence-corrected chi connectivity index (χ0v) is 12.8. The van der Waals surface area contributed by atoms with E-state index in [0.717, 1.165) is 38.8 Å². The summed E-state index contributed by atoms with van der Waals surface area (Å²) in [7, 11) is 0. The van der Waals surface area contributed by atoms with Crippen LogP contribution >= 0.6 is 0 Å². The Kier molecular flexibility index (Phi) is 4.79. The van der Waals surface area contributed by atoms with Crippen molar-refractivity contribution in [3.63, 3.8) is 0 Å². The Bertz CT molecular complexity index is 454. The molecule has 114 valence electrons. The van der Waals surface area contributed by atoms with Crippen LogP contribution in [-0.4, -0.2) is 25.0 Å². The van der Waals surface area contributed by atoms with E-state index in [9.17, 15) is 4.79 Å². The average Bonchev–Trinajstić information content (AvgIpc) is 2.57. The fraction of sp³-hybridized carbons (Fsp3) is 0.611. The van der Waals surface area contributed by atoms with Gasteiger partial charge in [0.05, 0.1) is 0 Å². The van der Waals surface area contributed by atoms with Gasteiger partial charge in [-0.2, -0.15) is 0 Å². The van der Waals surface area contributed by atoms with E-state index in [0.29, 0.717) is 11.9 Å². The Morgan fingerprint density at radius 3 is 2.52 bits per heavy atom. The maximum absolute atomic E-state index is 12.4. The van der Waals surface area contributed by atoms with Crippen molar-refractivity contribution in [3.8, 4) is 0 Å². The molecule has 2 aliphatic rings. The SMILES string of the molecule is O=C(NC1CCCN(c2ccccc2)C1)C1CCCCC1. The van der Waals surface area contributed by atoms with E-state index in [1.165, 1.54) is 24.9 Å². The largest absolute Gasteiger partial charge is 0.369 e. The lowest BCUT2D eigenvalue weighted by molar-refractivity contribution is -0.126. The number of carbonyl (C=O) groups is 1. The Morgan fingerprint density at radius 1 is 1.00 bits per heavy atom. The highest BCUT2D eigenvalue weighted by molar-refractivity contribution is 5.79. The molecule has 1 unspecified atom stereocenters. The zero-order chi connectivity index (χ0) is 14.5. The number of nitrogens with zero attached hydrogens (tertiary/aromatic N) is 1. The highest BCUT2D eigenvalue weighted by Crippen LogP contribution is 2.25. The number of benzene rings is 1. The average molecular weight is 286 g/mol. The van der Waals surface area contributed by atoms with Crippen LogP contribution in [0.5, 0.6) is 0 Å². The fourth-order valence-corrected chi connectivity index (χ4v) is 3.65. The summed E-state index contributed by atoms with van der Waals surface area (Å²) < 4.78 is 0. The first-order chi connectivity index (χ1) is 10.3. The number of hydrogen-bond donors (Lipinski definition) is 1. The second-order valence-corrected chi connectivity index (χ2v) is 6.46. The van der Waals surface area contributed by atoms with Crippen LogP contribution in [-0.2, 0) is 4.79 Å². The number of anilines is 1. The third kappa shape index (κ3) is 3.78. The molecular weight excluding hydrogens is 260 g/mol. The molecule has 3 nitrogen and oxygen atoms in total. The first-order valence-corrected chi connectivity index (χ1v) is 8.43. The van der Waals surface area contributed by atoms with Crippen LogP contribution in [0.25, 0.3) is 0 Å². The van der Waals surface area contributed by atoms with Gasteiger partial charge in [-0.25, -0.2) is 0 Å². The van der Waals surface area contributed by atoms with Crippen LogP contribution in [0.1, 0.15) is 44.9 Å². The number of nitrogens with one attached hydrogen (secondary N) is 1. The standard InChI is InChI=1S/C18H26N2O/c21-18(15-8-3-1-4-9-15)19-16-10-7-13-20(14-16)17-11-5-2-6-12-17/h2,5-6,11-12,15-16H,1,3-4,7-10,13-14H2,(H,19,21). The Labute approximate surface area is 127 Å². The van der Waals surface area contributed by atoms with Gasteiger partial charge in [-0.05, 0) is 37.8 Å². The predicted octanol–water partition coefficient (Wildman–Crippen LogP) is 3.35. The number of hydrogen-bond acceptors (Lipinski definition) is 2. The smallest absolute Gasteiger partial charge is 0.223 e. The van der Waals surface area contributed by atoms with Crippen molar-refractivity contribution < 1.29 is 4.79 Å². The minimum absolute atomic E-state index is 0.269. The highest BCUT2D eigenvalue weighted by Gasteiger charge is 2.26. The van der Waals surface area contributed by atoms with Crippen LogP contribution < -0.4 is 10.2 Å². The summed E-state index contributed by atoms with van der Waals surface area (Å²) in [6.07, 6.45) is 8.18. The van der Waals surface area contributed by atoms with E-state index in [4.69, 9.17) is 0 Å². The minimum Gasteiger partial charge on any atom is -0.369 e. The van der Waals surface area contributed by atoms with Crippen LogP contribution in [0, 0.1) is 5.92 Å². The summed E-state index contributed by atoms with van der Waals surface area (Å²) in [5, 5.41) is 3.31. The lowest BCUT2D eigenvalue weighted by Crippen LogP contribution is -2.49. The summed E-state index contributed by atoms with van der Waals surface area (Å²) in [5.74, 6) is 0.570. The van der Waals surface area contributed by atoms with E-state index < -0.39 is 0 Å². The molecule has 0 aromatic heterocycles. The summed E-state index contributed by atoms with van der Waals surface area (Å²) in [4.78, 5) is 14.8. The Balaban J connectivity index is 1.55. The van der Waals surface area contributed by atoms with Crippen molar-refractivity contribution in [3.05, 3.63) is 30.3 Å². The minimum atomic E-state index is 0.269.